The van der Waals surface area contributed by atoms with Crippen molar-refractivity contribution in [3.8, 4) is 17.2 Å². The maximum Gasteiger partial charge on any atom is 0.277 e. The number of hydrazone groups is 1. The van der Waals surface area contributed by atoms with Gasteiger partial charge in [-0.1, -0.05) is 23.2 Å². The molecule has 1 N–H and O–H groups in total. The number of nitrogens with zero attached hydrogens (tertiary/aromatic N) is 1. The van der Waals surface area contributed by atoms with E-state index in [1.807, 2.05) is 0 Å². The van der Waals surface area contributed by atoms with Gasteiger partial charge < -0.3 is 14.2 Å². The highest BCUT2D eigenvalue weighted by molar-refractivity contribution is 6.35. The minimum Gasteiger partial charge on any atom is -0.482 e. The summed E-state index contributed by atoms with van der Waals surface area (Å²) in [5.74, 6) is 1.28. The SMILES string of the molecule is O=C(COc1ccc(Cl)cc1Cl)N/N=C\c1ccc2c(c1)OCO2. The van der Waals surface area contributed by atoms with Gasteiger partial charge in [-0.15, -0.1) is 0 Å². The predicted octanol–water partition coefficient (Wildman–Crippen LogP) is 3.25. The third-order valence-corrected chi connectivity index (χ3v) is 3.58. The molecular formula is C16H12Cl2N2O4. The molecule has 0 aliphatic carbocycles. The van der Waals surface area contributed by atoms with Gasteiger partial charge in [0, 0.05) is 5.02 Å². The van der Waals surface area contributed by atoms with Crippen LogP contribution in [0.5, 0.6) is 17.2 Å². The van der Waals surface area contributed by atoms with E-state index in [2.05, 4.69) is 10.5 Å². The van der Waals surface area contributed by atoms with Crippen LogP contribution in [0.1, 0.15) is 5.56 Å². The molecule has 1 amide bonds. The minimum atomic E-state index is -0.419. The molecular weight excluding hydrogens is 355 g/mol. The van der Waals surface area contributed by atoms with E-state index >= 15 is 0 Å². The summed E-state index contributed by atoms with van der Waals surface area (Å²) in [4.78, 5) is 11.7. The number of nitrogens with one attached hydrogen (secondary N) is 1. The molecule has 8 heteroatoms. The molecule has 0 spiro atoms. The Bertz CT molecular complexity index is 796. The van der Waals surface area contributed by atoms with Crippen molar-refractivity contribution in [2.75, 3.05) is 13.4 Å². The first kappa shape index (κ1) is 16.4. The lowest BCUT2D eigenvalue weighted by Crippen LogP contribution is -2.24. The molecule has 2 aromatic rings. The number of halogens is 2. The lowest BCUT2D eigenvalue weighted by atomic mass is 10.2. The van der Waals surface area contributed by atoms with Crippen LogP contribution in [0.3, 0.4) is 0 Å². The van der Waals surface area contributed by atoms with Gasteiger partial charge in [-0.2, -0.15) is 5.10 Å². The first-order valence-electron chi connectivity index (χ1n) is 6.91. The summed E-state index contributed by atoms with van der Waals surface area (Å²) in [5.41, 5.74) is 3.13. The van der Waals surface area contributed by atoms with E-state index in [1.165, 1.54) is 12.3 Å². The second-order valence-electron chi connectivity index (χ2n) is 4.77. The standard InChI is InChI=1S/C16H12Cl2N2O4/c17-11-2-4-13(12(18)6-11)22-8-16(21)20-19-7-10-1-3-14-15(5-10)24-9-23-14/h1-7H,8-9H2,(H,20,21)/b19-7-. The first-order chi connectivity index (χ1) is 11.6. The highest BCUT2D eigenvalue weighted by atomic mass is 35.5. The fraction of sp³-hybridized carbons (Fsp3) is 0.125. The normalized spacial score (nSPS) is 12.4. The average molecular weight is 367 g/mol. The molecule has 2 aromatic carbocycles. The Morgan fingerprint density at radius 3 is 2.88 bits per heavy atom. The van der Waals surface area contributed by atoms with Crippen molar-refractivity contribution in [3.63, 3.8) is 0 Å². The van der Waals surface area contributed by atoms with E-state index in [1.54, 1.807) is 30.3 Å². The van der Waals surface area contributed by atoms with Crippen molar-refractivity contribution >= 4 is 35.3 Å². The van der Waals surface area contributed by atoms with Crippen LogP contribution in [-0.4, -0.2) is 25.5 Å². The number of rotatable bonds is 5. The molecule has 0 atom stereocenters. The van der Waals surface area contributed by atoms with Crippen molar-refractivity contribution < 1.29 is 19.0 Å². The zero-order valence-corrected chi connectivity index (χ0v) is 13.8. The van der Waals surface area contributed by atoms with Crippen LogP contribution in [-0.2, 0) is 4.79 Å². The van der Waals surface area contributed by atoms with Gasteiger partial charge in [0.15, 0.2) is 18.1 Å². The molecule has 0 bridgehead atoms. The van der Waals surface area contributed by atoms with Crippen LogP contribution in [0, 0.1) is 0 Å². The third-order valence-electron chi connectivity index (χ3n) is 3.05. The summed E-state index contributed by atoms with van der Waals surface area (Å²) in [5, 5.41) is 4.68. The van der Waals surface area contributed by atoms with Gasteiger partial charge in [-0.05, 0) is 42.0 Å². The number of hydrogen-bond acceptors (Lipinski definition) is 5. The van der Waals surface area contributed by atoms with Gasteiger partial charge in [0.1, 0.15) is 5.75 Å². The van der Waals surface area contributed by atoms with Crippen LogP contribution in [0.2, 0.25) is 10.0 Å². The van der Waals surface area contributed by atoms with Crippen molar-refractivity contribution in [2.45, 2.75) is 0 Å². The Labute approximate surface area is 147 Å². The zero-order valence-electron chi connectivity index (χ0n) is 12.3. The van der Waals surface area contributed by atoms with Gasteiger partial charge in [0.25, 0.3) is 5.91 Å². The van der Waals surface area contributed by atoms with Crippen molar-refractivity contribution in [2.24, 2.45) is 5.10 Å². The lowest BCUT2D eigenvalue weighted by molar-refractivity contribution is -0.123. The van der Waals surface area contributed by atoms with E-state index in [0.29, 0.717) is 27.3 Å². The predicted molar refractivity (Wildman–Crippen MR) is 90.3 cm³/mol. The Morgan fingerprint density at radius 1 is 1.21 bits per heavy atom. The summed E-state index contributed by atoms with van der Waals surface area (Å²) in [6.07, 6.45) is 1.50. The minimum absolute atomic E-state index is 0.206. The van der Waals surface area contributed by atoms with Crippen LogP contribution < -0.4 is 19.6 Å². The number of carbonyl (C=O) groups excluding carboxylic acids is 1. The van der Waals surface area contributed by atoms with Gasteiger partial charge in [-0.25, -0.2) is 5.43 Å². The largest absolute Gasteiger partial charge is 0.482 e. The highest BCUT2D eigenvalue weighted by Gasteiger charge is 2.12. The molecule has 0 fully saturated rings. The lowest BCUT2D eigenvalue weighted by Gasteiger charge is -2.07. The number of amides is 1. The highest BCUT2D eigenvalue weighted by Crippen LogP contribution is 2.32. The average Bonchev–Trinajstić information content (AvgIpc) is 3.02. The fourth-order valence-electron chi connectivity index (χ4n) is 1.94. The molecule has 1 aliphatic heterocycles. The Balaban J connectivity index is 1.50. The Morgan fingerprint density at radius 2 is 2.04 bits per heavy atom. The monoisotopic (exact) mass is 366 g/mol. The van der Waals surface area contributed by atoms with Crippen LogP contribution >= 0.6 is 23.2 Å². The maximum absolute atomic E-state index is 11.7. The van der Waals surface area contributed by atoms with Crippen molar-refractivity contribution in [1.82, 2.24) is 5.43 Å². The van der Waals surface area contributed by atoms with Crippen molar-refractivity contribution in [1.29, 1.82) is 0 Å². The van der Waals surface area contributed by atoms with Gasteiger partial charge in [-0.3, -0.25) is 4.79 Å². The molecule has 6 nitrogen and oxygen atoms in total. The van der Waals surface area contributed by atoms with E-state index in [0.717, 1.165) is 5.56 Å². The molecule has 24 heavy (non-hydrogen) atoms. The number of fused-ring (bicyclic) bond motifs is 1. The second-order valence-corrected chi connectivity index (χ2v) is 5.61. The molecule has 1 heterocycles. The molecule has 0 unspecified atom stereocenters. The van der Waals surface area contributed by atoms with E-state index in [4.69, 9.17) is 37.4 Å². The van der Waals surface area contributed by atoms with Gasteiger partial charge in [0.2, 0.25) is 6.79 Å². The number of carbonyl (C=O) groups is 1. The number of hydrogen-bond donors (Lipinski definition) is 1. The zero-order chi connectivity index (χ0) is 16.9. The third kappa shape index (κ3) is 4.10. The topological polar surface area (TPSA) is 69.2 Å². The van der Waals surface area contributed by atoms with Crippen LogP contribution in [0.25, 0.3) is 0 Å². The molecule has 1 aliphatic rings. The number of ether oxygens (including phenoxy) is 3. The van der Waals surface area contributed by atoms with Gasteiger partial charge >= 0.3 is 0 Å². The first-order valence-corrected chi connectivity index (χ1v) is 7.67. The van der Waals surface area contributed by atoms with Gasteiger partial charge in [0.05, 0.1) is 11.2 Å². The summed E-state index contributed by atoms with van der Waals surface area (Å²) in [6, 6.07) is 10.1. The molecule has 0 saturated carbocycles. The molecule has 3 rings (SSSR count). The smallest absolute Gasteiger partial charge is 0.277 e. The van der Waals surface area contributed by atoms with Crippen LogP contribution in [0.4, 0.5) is 0 Å². The van der Waals surface area contributed by atoms with E-state index in [9.17, 15) is 4.79 Å². The fourth-order valence-corrected chi connectivity index (χ4v) is 2.40. The number of benzene rings is 2. The van der Waals surface area contributed by atoms with E-state index in [-0.39, 0.29) is 13.4 Å². The molecule has 0 radical (unpaired) electrons. The summed E-state index contributed by atoms with van der Waals surface area (Å²) in [7, 11) is 0. The molecule has 124 valence electrons. The molecule has 0 aromatic heterocycles. The summed E-state index contributed by atoms with van der Waals surface area (Å²) in [6.45, 7) is -0.0168. The quantitative estimate of drug-likeness (QED) is 0.651. The van der Waals surface area contributed by atoms with Crippen LogP contribution in [0.15, 0.2) is 41.5 Å². The molecule has 0 saturated heterocycles. The van der Waals surface area contributed by atoms with E-state index < -0.39 is 5.91 Å². The summed E-state index contributed by atoms with van der Waals surface area (Å²) >= 11 is 11.7. The Kier molecular flexibility index (Phi) is 5.08. The Hall–Kier alpha value is -2.44. The summed E-state index contributed by atoms with van der Waals surface area (Å²) < 4.78 is 15.8. The van der Waals surface area contributed by atoms with Crippen molar-refractivity contribution in [3.05, 3.63) is 52.0 Å². The maximum atomic E-state index is 11.7. The second kappa shape index (κ2) is 7.42.